The highest BCUT2D eigenvalue weighted by Gasteiger charge is 2.23. The van der Waals surface area contributed by atoms with Gasteiger partial charge in [0.2, 0.25) is 0 Å². The molecule has 2 rings (SSSR count). The second-order valence-corrected chi connectivity index (χ2v) is 5.02. The molecule has 0 aliphatic carbocycles. The molecule has 3 N–H and O–H groups in total. The van der Waals surface area contributed by atoms with Crippen LogP contribution in [-0.2, 0) is 11.2 Å². The van der Waals surface area contributed by atoms with Gasteiger partial charge in [0.1, 0.15) is 16.9 Å². The first-order chi connectivity index (χ1) is 7.72. The molecule has 5 heteroatoms. The maximum Gasteiger partial charge on any atom is 0.135 e. The van der Waals surface area contributed by atoms with E-state index in [1.54, 1.807) is 0 Å². The van der Waals surface area contributed by atoms with Crippen molar-refractivity contribution in [3.8, 4) is 0 Å². The van der Waals surface area contributed by atoms with Crippen molar-refractivity contribution in [2.24, 2.45) is 5.73 Å². The number of hydrogen-bond acceptors (Lipinski definition) is 4. The van der Waals surface area contributed by atoms with Crippen LogP contribution >= 0.6 is 11.3 Å². The molecule has 0 bridgehead atoms. The van der Waals surface area contributed by atoms with Gasteiger partial charge >= 0.3 is 0 Å². The predicted molar refractivity (Wildman–Crippen MR) is 65.1 cm³/mol. The Morgan fingerprint density at radius 1 is 1.69 bits per heavy atom. The number of thiazole rings is 1. The van der Waals surface area contributed by atoms with Crippen LogP contribution in [-0.4, -0.2) is 17.4 Å². The lowest BCUT2D eigenvalue weighted by molar-refractivity contribution is 0.111. The number of rotatable bonds is 4. The normalized spacial score (nSPS) is 20.2. The summed E-state index contributed by atoms with van der Waals surface area (Å²) in [5, 5.41) is 8.54. The van der Waals surface area contributed by atoms with E-state index in [2.05, 4.69) is 11.9 Å². The van der Waals surface area contributed by atoms with E-state index < -0.39 is 0 Å². The van der Waals surface area contributed by atoms with E-state index in [4.69, 9.17) is 15.9 Å². The number of aromatic nitrogens is 1. The Morgan fingerprint density at radius 2 is 2.50 bits per heavy atom. The number of aryl methyl sites for hydroxylation is 1. The van der Waals surface area contributed by atoms with E-state index in [1.807, 2.05) is 0 Å². The molecular formula is C11H17N3OS. The van der Waals surface area contributed by atoms with Crippen molar-refractivity contribution in [1.29, 1.82) is 5.41 Å². The van der Waals surface area contributed by atoms with Crippen molar-refractivity contribution < 1.29 is 4.74 Å². The Balaban J connectivity index is 2.26. The smallest absolute Gasteiger partial charge is 0.135 e. The minimum absolute atomic E-state index is 0.130. The molecule has 1 atom stereocenters. The van der Waals surface area contributed by atoms with Crippen molar-refractivity contribution in [3.05, 3.63) is 15.6 Å². The number of nitrogens with one attached hydrogen (secondary N) is 1. The molecule has 0 aromatic carbocycles. The predicted octanol–water partition coefficient (Wildman–Crippen LogP) is 2.23. The van der Waals surface area contributed by atoms with Crippen LogP contribution in [0.25, 0.3) is 0 Å². The minimum Gasteiger partial charge on any atom is -0.383 e. The summed E-state index contributed by atoms with van der Waals surface area (Å²) in [6.45, 7) is 2.93. The fourth-order valence-corrected chi connectivity index (χ4v) is 2.95. The fraction of sp³-hybridized carbons (Fsp3) is 0.636. The summed E-state index contributed by atoms with van der Waals surface area (Å²) in [6, 6.07) is 0. The van der Waals surface area contributed by atoms with Crippen LogP contribution in [0.2, 0.25) is 0 Å². The molecule has 16 heavy (non-hydrogen) atoms. The molecule has 0 saturated carbocycles. The maximum atomic E-state index is 7.55. The van der Waals surface area contributed by atoms with Gasteiger partial charge in [-0.25, -0.2) is 4.98 Å². The van der Waals surface area contributed by atoms with E-state index in [-0.39, 0.29) is 11.9 Å². The molecule has 1 unspecified atom stereocenters. The average Bonchev–Trinajstić information content (AvgIpc) is 2.83. The standard InChI is InChI=1S/C11H17N3OS/c1-2-4-7-9(10(12)13)16-11(14-7)8-5-3-6-15-8/h8H,2-6H2,1H3,(H3,12,13). The first-order valence-corrected chi connectivity index (χ1v) is 6.49. The monoisotopic (exact) mass is 239 g/mol. The van der Waals surface area contributed by atoms with Gasteiger partial charge in [-0.15, -0.1) is 11.3 Å². The summed E-state index contributed by atoms with van der Waals surface area (Å²) in [4.78, 5) is 5.40. The summed E-state index contributed by atoms with van der Waals surface area (Å²) < 4.78 is 5.60. The zero-order valence-electron chi connectivity index (χ0n) is 9.45. The van der Waals surface area contributed by atoms with E-state index in [1.165, 1.54) is 11.3 Å². The molecule has 1 saturated heterocycles. The first-order valence-electron chi connectivity index (χ1n) is 5.68. The van der Waals surface area contributed by atoms with Crippen molar-refractivity contribution in [1.82, 2.24) is 4.98 Å². The van der Waals surface area contributed by atoms with E-state index >= 15 is 0 Å². The Bertz CT molecular complexity index is 383. The van der Waals surface area contributed by atoms with Gasteiger partial charge < -0.3 is 10.5 Å². The summed E-state index contributed by atoms with van der Waals surface area (Å²) in [6.07, 6.45) is 4.18. The third kappa shape index (κ3) is 2.25. The number of nitrogens with two attached hydrogens (primary N) is 1. The van der Waals surface area contributed by atoms with E-state index in [9.17, 15) is 0 Å². The molecule has 0 radical (unpaired) electrons. The molecule has 1 aliphatic heterocycles. The molecule has 1 aromatic rings. The number of amidine groups is 1. The summed E-state index contributed by atoms with van der Waals surface area (Å²) in [7, 11) is 0. The van der Waals surface area contributed by atoms with Crippen molar-refractivity contribution in [2.75, 3.05) is 6.61 Å². The second kappa shape index (κ2) is 4.93. The van der Waals surface area contributed by atoms with Crippen LogP contribution < -0.4 is 5.73 Å². The van der Waals surface area contributed by atoms with Crippen molar-refractivity contribution >= 4 is 17.2 Å². The molecule has 0 spiro atoms. The molecule has 0 amide bonds. The Kier molecular flexibility index (Phi) is 3.56. The van der Waals surface area contributed by atoms with Crippen LogP contribution in [0.4, 0.5) is 0 Å². The highest BCUT2D eigenvalue weighted by Crippen LogP contribution is 2.33. The topological polar surface area (TPSA) is 72.0 Å². The fourth-order valence-electron chi connectivity index (χ4n) is 1.90. The highest BCUT2D eigenvalue weighted by molar-refractivity contribution is 7.13. The largest absolute Gasteiger partial charge is 0.383 e. The summed E-state index contributed by atoms with van der Waals surface area (Å²) in [5.41, 5.74) is 6.53. The summed E-state index contributed by atoms with van der Waals surface area (Å²) >= 11 is 1.52. The number of ether oxygens (including phenoxy) is 1. The van der Waals surface area contributed by atoms with E-state index in [0.29, 0.717) is 0 Å². The van der Waals surface area contributed by atoms with Crippen LogP contribution in [0.15, 0.2) is 0 Å². The molecule has 4 nitrogen and oxygen atoms in total. The van der Waals surface area contributed by atoms with Crippen LogP contribution in [0.3, 0.4) is 0 Å². The molecule has 1 fully saturated rings. The third-order valence-corrected chi connectivity index (χ3v) is 3.87. The molecule has 1 aliphatic rings. The van der Waals surface area contributed by atoms with Gasteiger partial charge in [-0.2, -0.15) is 0 Å². The zero-order valence-corrected chi connectivity index (χ0v) is 10.3. The Hall–Kier alpha value is -0.940. The van der Waals surface area contributed by atoms with E-state index in [0.717, 1.165) is 47.9 Å². The van der Waals surface area contributed by atoms with Crippen LogP contribution in [0.5, 0.6) is 0 Å². The lowest BCUT2D eigenvalue weighted by Crippen LogP contribution is -2.11. The zero-order chi connectivity index (χ0) is 11.5. The maximum absolute atomic E-state index is 7.55. The number of hydrogen-bond donors (Lipinski definition) is 2. The van der Waals surface area contributed by atoms with Gasteiger partial charge in [0.05, 0.1) is 10.6 Å². The molecule has 88 valence electrons. The SMILES string of the molecule is CCCc1nc(C2CCCO2)sc1C(=N)N. The number of nitrogen functional groups attached to an aromatic ring is 1. The van der Waals surface area contributed by atoms with Crippen molar-refractivity contribution in [2.45, 2.75) is 38.7 Å². The van der Waals surface area contributed by atoms with Gasteiger partial charge in [-0.3, -0.25) is 5.41 Å². The number of nitrogens with zero attached hydrogens (tertiary/aromatic N) is 1. The van der Waals surface area contributed by atoms with Gasteiger partial charge in [-0.1, -0.05) is 13.3 Å². The molecule has 2 heterocycles. The summed E-state index contributed by atoms with van der Waals surface area (Å²) in [5.74, 6) is 0.130. The minimum atomic E-state index is 0.130. The lowest BCUT2D eigenvalue weighted by atomic mass is 10.2. The van der Waals surface area contributed by atoms with Crippen molar-refractivity contribution in [3.63, 3.8) is 0 Å². The Labute approximate surface area is 99.3 Å². The second-order valence-electron chi connectivity index (χ2n) is 3.99. The van der Waals surface area contributed by atoms with Gasteiger partial charge in [-0.05, 0) is 19.3 Å². The van der Waals surface area contributed by atoms with Gasteiger partial charge in [0.15, 0.2) is 0 Å². The third-order valence-electron chi connectivity index (χ3n) is 2.65. The van der Waals surface area contributed by atoms with Crippen LogP contribution in [0.1, 0.15) is 47.9 Å². The quantitative estimate of drug-likeness (QED) is 0.625. The first kappa shape index (κ1) is 11.5. The van der Waals surface area contributed by atoms with Gasteiger partial charge in [0, 0.05) is 6.61 Å². The Morgan fingerprint density at radius 3 is 3.06 bits per heavy atom. The molecule has 1 aromatic heterocycles. The van der Waals surface area contributed by atoms with Gasteiger partial charge in [0.25, 0.3) is 0 Å². The molecular weight excluding hydrogens is 222 g/mol. The van der Waals surface area contributed by atoms with Crippen LogP contribution in [0, 0.1) is 5.41 Å². The average molecular weight is 239 g/mol. The highest BCUT2D eigenvalue weighted by atomic mass is 32.1. The lowest BCUT2D eigenvalue weighted by Gasteiger charge is -2.03.